The van der Waals surface area contributed by atoms with Gasteiger partial charge in [0.1, 0.15) is 0 Å². The predicted octanol–water partition coefficient (Wildman–Crippen LogP) is 1.17. The largest absolute Gasteiger partial charge is 0.356 e. The highest BCUT2D eigenvalue weighted by Gasteiger charge is 2.08. The van der Waals surface area contributed by atoms with Gasteiger partial charge < -0.3 is 16.4 Å². The van der Waals surface area contributed by atoms with Crippen molar-refractivity contribution in [2.75, 3.05) is 13.1 Å². The highest BCUT2D eigenvalue weighted by atomic mass is 16.2. The van der Waals surface area contributed by atoms with E-state index in [0.717, 1.165) is 19.3 Å². The monoisotopic (exact) mass is 271 g/mol. The lowest BCUT2D eigenvalue weighted by molar-refractivity contribution is -0.122. The minimum atomic E-state index is -0.00819. The molecule has 19 heavy (non-hydrogen) atoms. The van der Waals surface area contributed by atoms with Gasteiger partial charge in [-0.05, 0) is 38.6 Å². The van der Waals surface area contributed by atoms with Crippen LogP contribution in [-0.4, -0.2) is 30.9 Å². The second-order valence-corrected chi connectivity index (χ2v) is 5.20. The molecule has 5 nitrogen and oxygen atoms in total. The maximum Gasteiger partial charge on any atom is 0.221 e. The molecule has 4 N–H and O–H groups in total. The van der Waals surface area contributed by atoms with Crippen molar-refractivity contribution in [3.05, 3.63) is 0 Å². The number of hydrogen-bond donors (Lipinski definition) is 3. The number of rotatable bonds is 10. The Morgan fingerprint density at radius 1 is 1.11 bits per heavy atom. The number of nitrogens with one attached hydrogen (secondary N) is 2. The van der Waals surface area contributed by atoms with Crippen molar-refractivity contribution in [1.82, 2.24) is 10.6 Å². The number of carbonyl (C=O) groups excluding carboxylic acids is 2. The molecule has 0 aromatic rings. The summed E-state index contributed by atoms with van der Waals surface area (Å²) in [5, 5.41) is 5.64. The van der Waals surface area contributed by atoms with E-state index < -0.39 is 0 Å². The normalized spacial score (nSPS) is 13.7. The van der Waals surface area contributed by atoms with Crippen LogP contribution in [-0.2, 0) is 9.59 Å². The predicted molar refractivity (Wildman–Crippen MR) is 77.6 cm³/mol. The number of nitrogens with two attached hydrogens (primary N) is 1. The van der Waals surface area contributed by atoms with Crippen molar-refractivity contribution in [2.45, 2.75) is 58.9 Å². The lowest BCUT2D eigenvalue weighted by atomic mass is 10.0. The molecule has 2 atom stereocenters. The summed E-state index contributed by atoms with van der Waals surface area (Å²) >= 11 is 0. The van der Waals surface area contributed by atoms with Crippen molar-refractivity contribution in [3.63, 3.8) is 0 Å². The van der Waals surface area contributed by atoms with Crippen molar-refractivity contribution in [1.29, 1.82) is 0 Å². The van der Waals surface area contributed by atoms with Gasteiger partial charge in [-0.2, -0.15) is 0 Å². The zero-order valence-electron chi connectivity index (χ0n) is 12.5. The van der Waals surface area contributed by atoms with Gasteiger partial charge in [0.25, 0.3) is 0 Å². The van der Waals surface area contributed by atoms with Gasteiger partial charge in [0.05, 0.1) is 0 Å². The molecule has 0 radical (unpaired) electrons. The first-order chi connectivity index (χ1) is 8.99. The average Bonchev–Trinajstić information content (AvgIpc) is 2.36. The second-order valence-electron chi connectivity index (χ2n) is 5.20. The Morgan fingerprint density at radius 2 is 1.79 bits per heavy atom. The van der Waals surface area contributed by atoms with Crippen LogP contribution in [0.5, 0.6) is 0 Å². The van der Waals surface area contributed by atoms with Crippen molar-refractivity contribution in [3.8, 4) is 0 Å². The summed E-state index contributed by atoms with van der Waals surface area (Å²) in [5.74, 6) is 0.482. The third-order valence-corrected chi connectivity index (χ3v) is 3.22. The SMILES string of the molecule is CCC(C)NC(=O)CCNC(=O)CCC(C)CCN. The summed E-state index contributed by atoms with van der Waals surface area (Å²) in [6.07, 6.45) is 3.56. The van der Waals surface area contributed by atoms with E-state index in [0.29, 0.717) is 31.8 Å². The molecule has 112 valence electrons. The molecule has 0 aliphatic rings. The summed E-state index contributed by atoms with van der Waals surface area (Å²) < 4.78 is 0. The lowest BCUT2D eigenvalue weighted by Gasteiger charge is -2.12. The van der Waals surface area contributed by atoms with Crippen LogP contribution in [0.15, 0.2) is 0 Å². The first-order valence-electron chi connectivity index (χ1n) is 7.25. The smallest absolute Gasteiger partial charge is 0.221 e. The molecular weight excluding hydrogens is 242 g/mol. The molecular formula is C14H29N3O2. The maximum atomic E-state index is 11.5. The standard InChI is InChI=1S/C14H29N3O2/c1-4-12(3)17-14(19)8-10-16-13(18)6-5-11(2)7-9-15/h11-12H,4-10,15H2,1-3H3,(H,16,18)(H,17,19). The quantitative estimate of drug-likeness (QED) is 0.557. The van der Waals surface area contributed by atoms with Crippen LogP contribution >= 0.6 is 0 Å². The van der Waals surface area contributed by atoms with Crippen LogP contribution < -0.4 is 16.4 Å². The highest BCUT2D eigenvalue weighted by Crippen LogP contribution is 2.08. The molecule has 0 aromatic heterocycles. The van der Waals surface area contributed by atoms with Crippen LogP contribution in [0.3, 0.4) is 0 Å². The molecule has 0 aromatic carbocycles. The van der Waals surface area contributed by atoms with E-state index in [1.165, 1.54) is 0 Å². The molecule has 2 amide bonds. The third kappa shape index (κ3) is 10.5. The number of amides is 2. The number of carbonyl (C=O) groups is 2. The molecule has 0 rings (SSSR count). The number of hydrogen-bond acceptors (Lipinski definition) is 3. The summed E-state index contributed by atoms with van der Waals surface area (Å²) in [6.45, 7) is 7.16. The van der Waals surface area contributed by atoms with E-state index in [2.05, 4.69) is 17.6 Å². The molecule has 2 unspecified atom stereocenters. The third-order valence-electron chi connectivity index (χ3n) is 3.22. The fourth-order valence-corrected chi connectivity index (χ4v) is 1.66. The summed E-state index contributed by atoms with van der Waals surface area (Å²) in [5.41, 5.74) is 5.46. The summed E-state index contributed by atoms with van der Waals surface area (Å²) in [6, 6.07) is 0.195. The Labute approximate surface area is 116 Å². The molecule has 0 aliphatic heterocycles. The Morgan fingerprint density at radius 3 is 2.37 bits per heavy atom. The average molecular weight is 271 g/mol. The van der Waals surface area contributed by atoms with E-state index in [1.54, 1.807) is 0 Å². The molecule has 0 fully saturated rings. The Balaban J connectivity index is 3.60. The van der Waals surface area contributed by atoms with Gasteiger partial charge >= 0.3 is 0 Å². The molecule has 0 bridgehead atoms. The molecule has 0 spiro atoms. The van der Waals surface area contributed by atoms with Crippen molar-refractivity contribution < 1.29 is 9.59 Å². The van der Waals surface area contributed by atoms with E-state index in [4.69, 9.17) is 5.73 Å². The fourth-order valence-electron chi connectivity index (χ4n) is 1.66. The van der Waals surface area contributed by atoms with Crippen molar-refractivity contribution in [2.24, 2.45) is 11.7 Å². The van der Waals surface area contributed by atoms with Gasteiger partial charge in [0.2, 0.25) is 11.8 Å². The summed E-state index contributed by atoms with van der Waals surface area (Å²) in [7, 11) is 0. The minimum Gasteiger partial charge on any atom is -0.356 e. The van der Waals surface area contributed by atoms with E-state index in [1.807, 2.05) is 13.8 Å². The van der Waals surface area contributed by atoms with E-state index in [-0.39, 0.29) is 17.9 Å². The van der Waals surface area contributed by atoms with Gasteiger partial charge in [-0.1, -0.05) is 13.8 Å². The lowest BCUT2D eigenvalue weighted by Crippen LogP contribution is -2.35. The van der Waals surface area contributed by atoms with Crippen LogP contribution in [0.25, 0.3) is 0 Å². The second kappa shape index (κ2) is 10.8. The van der Waals surface area contributed by atoms with Crippen LogP contribution in [0.4, 0.5) is 0 Å². The Bertz CT molecular complexity index is 269. The Hall–Kier alpha value is -1.10. The minimum absolute atomic E-state index is 0.00819. The molecule has 0 aliphatic carbocycles. The first kappa shape index (κ1) is 17.9. The van der Waals surface area contributed by atoms with Gasteiger partial charge in [-0.3, -0.25) is 9.59 Å². The highest BCUT2D eigenvalue weighted by molar-refractivity contribution is 5.79. The maximum absolute atomic E-state index is 11.5. The zero-order chi connectivity index (χ0) is 14.7. The fraction of sp³-hybridized carbons (Fsp3) is 0.857. The van der Waals surface area contributed by atoms with Gasteiger partial charge in [0, 0.05) is 25.4 Å². The molecule has 0 saturated heterocycles. The van der Waals surface area contributed by atoms with E-state index >= 15 is 0 Å². The summed E-state index contributed by atoms with van der Waals surface area (Å²) in [4.78, 5) is 23.0. The molecule has 0 heterocycles. The Kier molecular flexibility index (Phi) is 10.2. The van der Waals surface area contributed by atoms with E-state index in [9.17, 15) is 9.59 Å². The van der Waals surface area contributed by atoms with Crippen molar-refractivity contribution >= 4 is 11.8 Å². The first-order valence-corrected chi connectivity index (χ1v) is 7.25. The van der Waals surface area contributed by atoms with Gasteiger partial charge in [0.15, 0.2) is 0 Å². The molecule has 5 heteroatoms. The van der Waals surface area contributed by atoms with Gasteiger partial charge in [-0.25, -0.2) is 0 Å². The van der Waals surface area contributed by atoms with Crippen LogP contribution in [0, 0.1) is 5.92 Å². The van der Waals surface area contributed by atoms with Gasteiger partial charge in [-0.15, -0.1) is 0 Å². The van der Waals surface area contributed by atoms with Crippen LogP contribution in [0.1, 0.15) is 52.9 Å². The zero-order valence-corrected chi connectivity index (χ0v) is 12.5. The van der Waals surface area contributed by atoms with Crippen LogP contribution in [0.2, 0.25) is 0 Å². The molecule has 0 saturated carbocycles. The topological polar surface area (TPSA) is 84.2 Å².